The maximum absolute atomic E-state index is 12.7. The Morgan fingerprint density at radius 2 is 1.88 bits per heavy atom. The fourth-order valence-corrected chi connectivity index (χ4v) is 3.14. The highest BCUT2D eigenvalue weighted by atomic mass is 16.5. The van der Waals surface area contributed by atoms with Crippen LogP contribution in [0.4, 0.5) is 0 Å². The van der Waals surface area contributed by atoms with Gasteiger partial charge in [0, 0.05) is 18.7 Å². The van der Waals surface area contributed by atoms with E-state index in [-0.39, 0.29) is 24.3 Å². The van der Waals surface area contributed by atoms with Gasteiger partial charge in [0.25, 0.3) is 0 Å². The molecule has 4 heteroatoms. The van der Waals surface area contributed by atoms with Crippen molar-refractivity contribution in [2.24, 2.45) is 0 Å². The number of hydrogen-bond donors (Lipinski definition) is 0. The summed E-state index contributed by atoms with van der Waals surface area (Å²) in [6, 6.07) is 10.0. The Balaban J connectivity index is 2.01. The van der Waals surface area contributed by atoms with Crippen LogP contribution in [0.25, 0.3) is 6.08 Å². The lowest BCUT2D eigenvalue weighted by atomic mass is 9.94. The normalized spacial score (nSPS) is 15.4. The summed E-state index contributed by atoms with van der Waals surface area (Å²) in [7, 11) is 0. The van der Waals surface area contributed by atoms with Gasteiger partial charge in [-0.15, -0.1) is 0 Å². The van der Waals surface area contributed by atoms with Crippen molar-refractivity contribution in [3.8, 4) is 0 Å². The minimum absolute atomic E-state index is 0.0185. The average molecular weight is 329 g/mol. The monoisotopic (exact) mass is 329 g/mol. The Bertz CT molecular complexity index is 547. The second-order valence-corrected chi connectivity index (χ2v) is 6.12. The Hall–Kier alpha value is -2.10. The van der Waals surface area contributed by atoms with Crippen molar-refractivity contribution in [1.29, 1.82) is 0 Å². The van der Waals surface area contributed by atoms with Gasteiger partial charge in [-0.25, -0.2) is 0 Å². The Labute approximate surface area is 144 Å². The second-order valence-electron chi connectivity index (χ2n) is 6.12. The molecular formula is C20H27NO3. The molecule has 1 saturated carbocycles. The zero-order valence-corrected chi connectivity index (χ0v) is 14.4. The molecule has 1 aromatic carbocycles. The number of amides is 1. The van der Waals surface area contributed by atoms with E-state index < -0.39 is 0 Å². The Morgan fingerprint density at radius 1 is 1.17 bits per heavy atom. The van der Waals surface area contributed by atoms with Crippen molar-refractivity contribution in [1.82, 2.24) is 4.90 Å². The number of hydrogen-bond acceptors (Lipinski definition) is 3. The highest BCUT2D eigenvalue weighted by Crippen LogP contribution is 2.23. The van der Waals surface area contributed by atoms with E-state index in [1.54, 1.807) is 13.0 Å². The predicted octanol–water partition coefficient (Wildman–Crippen LogP) is 3.81. The number of carbonyl (C=O) groups excluding carboxylic acids is 2. The van der Waals surface area contributed by atoms with Crippen LogP contribution >= 0.6 is 0 Å². The minimum atomic E-state index is -0.238. The first-order valence-electron chi connectivity index (χ1n) is 8.90. The van der Waals surface area contributed by atoms with Crippen LogP contribution in [0.2, 0.25) is 0 Å². The summed E-state index contributed by atoms with van der Waals surface area (Å²) in [5, 5.41) is 0. The quantitative estimate of drug-likeness (QED) is 0.564. The van der Waals surface area contributed by atoms with Crippen molar-refractivity contribution in [2.45, 2.75) is 51.5 Å². The summed E-state index contributed by atoms with van der Waals surface area (Å²) in [5.74, 6) is -0.256. The molecule has 4 nitrogen and oxygen atoms in total. The zero-order chi connectivity index (χ0) is 17.2. The first-order valence-corrected chi connectivity index (χ1v) is 8.90. The summed E-state index contributed by atoms with van der Waals surface area (Å²) in [5.41, 5.74) is 1.000. The topological polar surface area (TPSA) is 46.6 Å². The van der Waals surface area contributed by atoms with E-state index >= 15 is 0 Å². The first-order chi connectivity index (χ1) is 11.7. The van der Waals surface area contributed by atoms with E-state index in [9.17, 15) is 9.59 Å². The third-order valence-electron chi connectivity index (χ3n) is 4.38. The summed E-state index contributed by atoms with van der Waals surface area (Å²) in [6.45, 7) is 2.61. The van der Waals surface area contributed by atoms with Gasteiger partial charge in [-0.2, -0.15) is 0 Å². The summed E-state index contributed by atoms with van der Waals surface area (Å²) in [6.07, 6.45) is 9.29. The molecule has 0 spiro atoms. The van der Waals surface area contributed by atoms with Gasteiger partial charge in [-0.1, -0.05) is 49.6 Å². The van der Waals surface area contributed by atoms with E-state index in [1.807, 2.05) is 41.3 Å². The van der Waals surface area contributed by atoms with Gasteiger partial charge >= 0.3 is 5.97 Å². The number of ether oxygens (including phenoxy) is 1. The van der Waals surface area contributed by atoms with Gasteiger partial charge in [-0.05, 0) is 31.4 Å². The molecular weight excluding hydrogens is 302 g/mol. The highest BCUT2D eigenvalue weighted by Gasteiger charge is 2.24. The fourth-order valence-electron chi connectivity index (χ4n) is 3.14. The molecule has 24 heavy (non-hydrogen) atoms. The molecule has 0 saturated heterocycles. The van der Waals surface area contributed by atoms with Crippen LogP contribution in [0.15, 0.2) is 36.4 Å². The molecule has 0 aliphatic heterocycles. The Kier molecular flexibility index (Phi) is 7.53. The van der Waals surface area contributed by atoms with Crippen molar-refractivity contribution < 1.29 is 14.3 Å². The van der Waals surface area contributed by atoms with Crippen molar-refractivity contribution >= 4 is 18.0 Å². The summed E-state index contributed by atoms with van der Waals surface area (Å²) >= 11 is 0. The molecule has 0 aromatic heterocycles. The molecule has 1 aliphatic carbocycles. The van der Waals surface area contributed by atoms with Crippen LogP contribution in [-0.2, 0) is 14.3 Å². The molecule has 130 valence electrons. The molecule has 1 aromatic rings. The molecule has 0 radical (unpaired) electrons. The summed E-state index contributed by atoms with van der Waals surface area (Å²) < 4.78 is 4.99. The SMILES string of the molecule is CCOC(=O)CCN(C(=O)/C=C/c1ccccc1)C1CCCCC1. The third-order valence-corrected chi connectivity index (χ3v) is 4.38. The minimum Gasteiger partial charge on any atom is -0.466 e. The summed E-state index contributed by atoms with van der Waals surface area (Å²) in [4.78, 5) is 26.2. The molecule has 0 bridgehead atoms. The van der Waals surface area contributed by atoms with E-state index in [0.717, 1.165) is 31.2 Å². The number of carbonyl (C=O) groups is 2. The van der Waals surface area contributed by atoms with Crippen LogP contribution in [0.3, 0.4) is 0 Å². The van der Waals surface area contributed by atoms with E-state index in [1.165, 1.54) is 6.42 Å². The van der Waals surface area contributed by atoms with Crippen LogP contribution in [0.5, 0.6) is 0 Å². The number of esters is 1. The standard InChI is InChI=1S/C20H27NO3/c1-2-24-20(23)15-16-21(18-11-7-4-8-12-18)19(22)14-13-17-9-5-3-6-10-17/h3,5-6,9-10,13-14,18H,2,4,7-8,11-12,15-16H2,1H3/b14-13+. The van der Waals surface area contributed by atoms with Gasteiger partial charge in [0.15, 0.2) is 0 Å². The highest BCUT2D eigenvalue weighted by molar-refractivity contribution is 5.92. The van der Waals surface area contributed by atoms with Crippen LogP contribution in [0.1, 0.15) is 51.0 Å². The number of benzene rings is 1. The van der Waals surface area contributed by atoms with Crippen LogP contribution < -0.4 is 0 Å². The van der Waals surface area contributed by atoms with Gasteiger partial charge in [0.2, 0.25) is 5.91 Å². The van der Waals surface area contributed by atoms with Crippen LogP contribution in [-0.4, -0.2) is 36.0 Å². The largest absolute Gasteiger partial charge is 0.466 e. The van der Waals surface area contributed by atoms with Crippen molar-refractivity contribution in [3.05, 3.63) is 42.0 Å². The predicted molar refractivity (Wildman–Crippen MR) is 95.3 cm³/mol. The Morgan fingerprint density at radius 3 is 2.54 bits per heavy atom. The number of rotatable bonds is 7. The molecule has 0 heterocycles. The molecule has 0 unspecified atom stereocenters. The lowest BCUT2D eigenvalue weighted by Gasteiger charge is -2.33. The van der Waals surface area contributed by atoms with Crippen molar-refractivity contribution in [2.75, 3.05) is 13.2 Å². The lowest BCUT2D eigenvalue weighted by molar-refractivity contribution is -0.144. The van der Waals surface area contributed by atoms with E-state index in [0.29, 0.717) is 13.2 Å². The maximum atomic E-state index is 12.7. The average Bonchev–Trinajstić information content (AvgIpc) is 2.62. The van der Waals surface area contributed by atoms with Gasteiger partial charge < -0.3 is 9.64 Å². The second kappa shape index (κ2) is 9.91. The lowest BCUT2D eigenvalue weighted by Crippen LogP contribution is -2.42. The van der Waals surface area contributed by atoms with E-state index in [2.05, 4.69) is 0 Å². The third kappa shape index (κ3) is 5.84. The van der Waals surface area contributed by atoms with Crippen molar-refractivity contribution in [3.63, 3.8) is 0 Å². The fraction of sp³-hybridized carbons (Fsp3) is 0.500. The molecule has 0 atom stereocenters. The molecule has 2 rings (SSSR count). The van der Waals surface area contributed by atoms with Gasteiger partial charge in [0.1, 0.15) is 0 Å². The molecule has 1 aliphatic rings. The zero-order valence-electron chi connectivity index (χ0n) is 14.4. The van der Waals surface area contributed by atoms with Crippen LogP contribution in [0, 0.1) is 0 Å². The first kappa shape index (κ1) is 18.2. The maximum Gasteiger partial charge on any atom is 0.307 e. The van der Waals surface area contributed by atoms with Gasteiger partial charge in [0.05, 0.1) is 13.0 Å². The van der Waals surface area contributed by atoms with Gasteiger partial charge in [-0.3, -0.25) is 9.59 Å². The van der Waals surface area contributed by atoms with E-state index in [4.69, 9.17) is 4.74 Å². The number of nitrogens with zero attached hydrogens (tertiary/aromatic N) is 1. The smallest absolute Gasteiger partial charge is 0.307 e. The molecule has 0 N–H and O–H groups in total. The molecule has 1 fully saturated rings. The molecule has 1 amide bonds.